The summed E-state index contributed by atoms with van der Waals surface area (Å²) in [7, 11) is 0. The standard InChI is InChI=1S/C15H18N6O3S/c16-14(22)10-6-7-11(13(8-10)21(23)24)9-25-15-17-18-19-20(15)12-4-2-1-3-5-12/h6-8,12H,1-5,9H2,(H2,16,22). The number of benzene rings is 1. The average Bonchev–Trinajstić information content (AvgIpc) is 3.09. The summed E-state index contributed by atoms with van der Waals surface area (Å²) >= 11 is 1.35. The second-order valence-corrected chi connectivity index (χ2v) is 6.89. The van der Waals surface area contributed by atoms with Crippen LogP contribution in [0, 0.1) is 10.1 Å². The van der Waals surface area contributed by atoms with Crippen LogP contribution < -0.4 is 5.73 Å². The number of thioether (sulfide) groups is 1. The molecule has 1 heterocycles. The average molecular weight is 362 g/mol. The van der Waals surface area contributed by atoms with Crippen LogP contribution in [-0.2, 0) is 5.75 Å². The quantitative estimate of drug-likeness (QED) is 0.474. The molecule has 0 radical (unpaired) electrons. The second-order valence-electron chi connectivity index (χ2n) is 5.95. The third-order valence-corrected chi connectivity index (χ3v) is 5.29. The molecule has 1 aromatic carbocycles. The van der Waals surface area contributed by atoms with Gasteiger partial charge in [-0.3, -0.25) is 14.9 Å². The normalized spacial score (nSPS) is 15.2. The first-order chi connectivity index (χ1) is 12.1. The number of tetrazole rings is 1. The van der Waals surface area contributed by atoms with E-state index in [1.165, 1.54) is 30.3 Å². The van der Waals surface area contributed by atoms with Crippen molar-refractivity contribution < 1.29 is 9.72 Å². The summed E-state index contributed by atoms with van der Waals surface area (Å²) < 4.78 is 1.83. The molecule has 0 saturated heterocycles. The fourth-order valence-electron chi connectivity index (χ4n) is 2.99. The van der Waals surface area contributed by atoms with E-state index in [1.807, 2.05) is 4.68 Å². The Bertz CT molecular complexity index is 787. The van der Waals surface area contributed by atoms with E-state index in [2.05, 4.69) is 15.5 Å². The van der Waals surface area contributed by atoms with Gasteiger partial charge in [0.05, 0.1) is 11.0 Å². The summed E-state index contributed by atoms with van der Waals surface area (Å²) in [5.74, 6) is -0.355. The van der Waals surface area contributed by atoms with E-state index in [-0.39, 0.29) is 11.3 Å². The van der Waals surface area contributed by atoms with E-state index in [1.54, 1.807) is 6.07 Å². The molecule has 1 amide bonds. The molecule has 1 saturated carbocycles. The zero-order chi connectivity index (χ0) is 17.8. The van der Waals surface area contributed by atoms with Crippen molar-refractivity contribution >= 4 is 23.4 Å². The zero-order valence-electron chi connectivity index (χ0n) is 13.5. The highest BCUT2D eigenvalue weighted by Gasteiger charge is 2.22. The number of amides is 1. The highest BCUT2D eigenvalue weighted by molar-refractivity contribution is 7.98. The molecule has 25 heavy (non-hydrogen) atoms. The van der Waals surface area contributed by atoms with Crippen molar-refractivity contribution in [3.05, 3.63) is 39.4 Å². The van der Waals surface area contributed by atoms with Crippen molar-refractivity contribution in [1.29, 1.82) is 0 Å². The molecule has 0 spiro atoms. The molecular formula is C15H18N6O3S. The van der Waals surface area contributed by atoms with Gasteiger partial charge in [-0.15, -0.1) is 5.10 Å². The van der Waals surface area contributed by atoms with Gasteiger partial charge in [-0.1, -0.05) is 37.1 Å². The number of nitro benzene ring substituents is 1. The maximum absolute atomic E-state index is 11.3. The van der Waals surface area contributed by atoms with Gasteiger partial charge in [-0.25, -0.2) is 4.68 Å². The summed E-state index contributed by atoms with van der Waals surface area (Å²) in [6.07, 6.45) is 5.65. The first-order valence-corrected chi connectivity index (χ1v) is 9.02. The van der Waals surface area contributed by atoms with Gasteiger partial charge in [0.2, 0.25) is 11.1 Å². The molecule has 0 unspecified atom stereocenters. The van der Waals surface area contributed by atoms with Gasteiger partial charge in [0.25, 0.3) is 5.69 Å². The summed E-state index contributed by atoms with van der Waals surface area (Å²) in [6, 6.07) is 4.55. The Morgan fingerprint density at radius 2 is 2.12 bits per heavy atom. The lowest BCUT2D eigenvalue weighted by molar-refractivity contribution is -0.385. The molecule has 1 aromatic heterocycles. The number of nitro groups is 1. The Hall–Kier alpha value is -2.49. The molecule has 3 rings (SSSR count). The molecule has 132 valence electrons. The number of carbonyl (C=O) groups is 1. The van der Waals surface area contributed by atoms with Crippen LogP contribution in [0.2, 0.25) is 0 Å². The lowest BCUT2D eigenvalue weighted by Crippen LogP contribution is -2.15. The summed E-state index contributed by atoms with van der Waals surface area (Å²) in [4.78, 5) is 22.0. The Morgan fingerprint density at radius 1 is 1.36 bits per heavy atom. The Kier molecular flexibility index (Phi) is 5.27. The predicted octanol–water partition coefficient (Wildman–Crippen LogP) is 2.48. The minimum Gasteiger partial charge on any atom is -0.366 e. The number of hydrogen-bond acceptors (Lipinski definition) is 7. The molecule has 1 aliphatic carbocycles. The van der Waals surface area contributed by atoms with Crippen molar-refractivity contribution in [2.45, 2.75) is 49.1 Å². The minimum atomic E-state index is -0.691. The Balaban J connectivity index is 1.77. The van der Waals surface area contributed by atoms with Crippen LogP contribution in [-0.4, -0.2) is 31.0 Å². The minimum absolute atomic E-state index is 0.118. The van der Waals surface area contributed by atoms with Gasteiger partial charge in [0.1, 0.15) is 0 Å². The van der Waals surface area contributed by atoms with Gasteiger partial charge in [-0.05, 0) is 29.3 Å². The molecule has 2 N–H and O–H groups in total. The molecule has 1 aliphatic rings. The molecule has 1 fully saturated rings. The van der Waals surface area contributed by atoms with Crippen LogP contribution in [0.15, 0.2) is 23.4 Å². The van der Waals surface area contributed by atoms with Gasteiger partial charge in [-0.2, -0.15) is 0 Å². The van der Waals surface area contributed by atoms with Crippen LogP contribution in [0.4, 0.5) is 5.69 Å². The van der Waals surface area contributed by atoms with Gasteiger partial charge in [0.15, 0.2) is 0 Å². The van der Waals surface area contributed by atoms with E-state index in [4.69, 9.17) is 5.73 Å². The molecule has 0 aliphatic heterocycles. The molecular weight excluding hydrogens is 344 g/mol. The number of nitrogens with zero attached hydrogens (tertiary/aromatic N) is 5. The molecule has 10 heteroatoms. The molecule has 0 atom stereocenters. The third-order valence-electron chi connectivity index (χ3n) is 4.31. The maximum Gasteiger partial charge on any atom is 0.274 e. The number of nitrogens with two attached hydrogens (primary N) is 1. The van der Waals surface area contributed by atoms with Crippen LogP contribution >= 0.6 is 11.8 Å². The van der Waals surface area contributed by atoms with Crippen molar-refractivity contribution in [1.82, 2.24) is 20.2 Å². The number of aromatic nitrogens is 4. The van der Waals surface area contributed by atoms with Crippen LogP contribution in [0.1, 0.15) is 54.1 Å². The van der Waals surface area contributed by atoms with Crippen molar-refractivity contribution in [3.63, 3.8) is 0 Å². The van der Waals surface area contributed by atoms with Gasteiger partial charge < -0.3 is 5.73 Å². The van der Waals surface area contributed by atoms with Crippen LogP contribution in [0.25, 0.3) is 0 Å². The monoisotopic (exact) mass is 362 g/mol. The van der Waals surface area contributed by atoms with Crippen molar-refractivity contribution in [3.8, 4) is 0 Å². The van der Waals surface area contributed by atoms with Crippen molar-refractivity contribution in [2.75, 3.05) is 0 Å². The Labute approximate surface area is 148 Å². The SMILES string of the molecule is NC(=O)c1ccc(CSc2nnnn2C2CCCCC2)c([N+](=O)[O-])c1. The van der Waals surface area contributed by atoms with Gasteiger partial charge >= 0.3 is 0 Å². The van der Waals surface area contributed by atoms with E-state index in [0.717, 1.165) is 25.7 Å². The predicted molar refractivity (Wildman–Crippen MR) is 91.1 cm³/mol. The first-order valence-electron chi connectivity index (χ1n) is 8.04. The smallest absolute Gasteiger partial charge is 0.274 e. The lowest BCUT2D eigenvalue weighted by Gasteiger charge is -2.21. The number of hydrogen-bond donors (Lipinski definition) is 1. The number of primary amides is 1. The van der Waals surface area contributed by atoms with Crippen molar-refractivity contribution in [2.24, 2.45) is 5.73 Å². The number of carbonyl (C=O) groups excluding carboxylic acids is 1. The third kappa shape index (κ3) is 3.95. The fraction of sp³-hybridized carbons (Fsp3) is 0.467. The fourth-order valence-corrected chi connectivity index (χ4v) is 3.93. The zero-order valence-corrected chi connectivity index (χ0v) is 14.3. The topological polar surface area (TPSA) is 130 Å². The lowest BCUT2D eigenvalue weighted by atomic mass is 9.96. The highest BCUT2D eigenvalue weighted by Crippen LogP contribution is 2.32. The van der Waals surface area contributed by atoms with E-state index in [0.29, 0.717) is 22.5 Å². The number of rotatable bonds is 6. The van der Waals surface area contributed by atoms with E-state index < -0.39 is 10.8 Å². The second kappa shape index (κ2) is 7.60. The molecule has 2 aromatic rings. The van der Waals surface area contributed by atoms with E-state index in [9.17, 15) is 14.9 Å². The molecule has 0 bridgehead atoms. The van der Waals surface area contributed by atoms with Gasteiger partial charge in [0, 0.05) is 22.9 Å². The summed E-state index contributed by atoms with van der Waals surface area (Å²) in [5.41, 5.74) is 5.68. The summed E-state index contributed by atoms with van der Waals surface area (Å²) in [5, 5.41) is 23.8. The van der Waals surface area contributed by atoms with E-state index >= 15 is 0 Å². The Morgan fingerprint density at radius 3 is 2.80 bits per heavy atom. The molecule has 9 nitrogen and oxygen atoms in total. The summed E-state index contributed by atoms with van der Waals surface area (Å²) in [6.45, 7) is 0. The highest BCUT2D eigenvalue weighted by atomic mass is 32.2. The van der Waals surface area contributed by atoms with Crippen LogP contribution in [0.3, 0.4) is 0 Å². The first kappa shape index (κ1) is 17.3. The largest absolute Gasteiger partial charge is 0.366 e. The van der Waals surface area contributed by atoms with Crippen LogP contribution in [0.5, 0.6) is 0 Å². The maximum atomic E-state index is 11.3.